The number of rotatable bonds is 6. The fourth-order valence-corrected chi connectivity index (χ4v) is 5.27. The molecule has 0 aromatic heterocycles. The lowest BCUT2D eigenvalue weighted by Crippen LogP contribution is -2.74. The Morgan fingerprint density at radius 3 is 2.08 bits per heavy atom. The lowest BCUT2D eigenvalue weighted by atomic mass is 9.72. The van der Waals surface area contributed by atoms with Crippen LogP contribution in [-0.2, 0) is 9.59 Å². The first-order chi connectivity index (χ1) is 11.5. The third-order valence-electron chi connectivity index (χ3n) is 5.60. The number of nitrogens with zero attached hydrogens (tertiary/aromatic N) is 2. The standard InChI is InChI=1S/C18H26Cl2N2O2/c1-3-5-9-21-15-11-7-8-12(19)13(18(21)24)16(14(15)20)22(17(11)23)10-6-4-2/h7-8,11-16H,3-6,9-10H2,1-2H3/b8-7-/t11-,12-,13-,14+,15+,16+/m1/s1. The van der Waals surface area contributed by atoms with E-state index in [1.165, 1.54) is 0 Å². The van der Waals surface area contributed by atoms with Crippen molar-refractivity contribution in [3.05, 3.63) is 12.2 Å². The Bertz CT molecular complexity index is 533. The normalized spacial score (nSPS) is 39.3. The van der Waals surface area contributed by atoms with E-state index in [4.69, 9.17) is 23.2 Å². The summed E-state index contributed by atoms with van der Waals surface area (Å²) in [7, 11) is 0. The highest BCUT2D eigenvalue weighted by Crippen LogP contribution is 2.45. The molecule has 134 valence electrons. The Kier molecular flexibility index (Phi) is 5.45. The number of piperidine rings is 2. The summed E-state index contributed by atoms with van der Waals surface area (Å²) < 4.78 is 0. The average molecular weight is 373 g/mol. The Morgan fingerprint density at radius 2 is 1.50 bits per heavy atom. The van der Waals surface area contributed by atoms with Gasteiger partial charge in [-0.05, 0) is 12.8 Å². The van der Waals surface area contributed by atoms with Crippen molar-refractivity contribution in [2.45, 2.75) is 62.4 Å². The van der Waals surface area contributed by atoms with Crippen LogP contribution < -0.4 is 0 Å². The van der Waals surface area contributed by atoms with Crippen molar-refractivity contribution in [1.82, 2.24) is 9.80 Å². The van der Waals surface area contributed by atoms with Crippen LogP contribution in [0.15, 0.2) is 12.2 Å². The molecular formula is C18H26Cl2N2O2. The summed E-state index contributed by atoms with van der Waals surface area (Å²) in [5.41, 5.74) is 0. The molecule has 4 bridgehead atoms. The maximum Gasteiger partial charge on any atom is 0.231 e. The molecule has 2 fully saturated rings. The van der Waals surface area contributed by atoms with Crippen molar-refractivity contribution in [2.24, 2.45) is 11.8 Å². The summed E-state index contributed by atoms with van der Waals surface area (Å²) >= 11 is 13.4. The number of hydrogen-bond acceptors (Lipinski definition) is 2. The summed E-state index contributed by atoms with van der Waals surface area (Å²) in [5, 5.41) is -0.663. The lowest BCUT2D eigenvalue weighted by molar-refractivity contribution is -0.163. The molecule has 4 nitrogen and oxygen atoms in total. The molecule has 0 aromatic rings. The molecule has 0 saturated carbocycles. The molecule has 24 heavy (non-hydrogen) atoms. The zero-order valence-corrected chi connectivity index (χ0v) is 15.8. The van der Waals surface area contributed by atoms with Gasteiger partial charge in [-0.25, -0.2) is 0 Å². The van der Waals surface area contributed by atoms with Crippen LogP contribution in [0, 0.1) is 11.8 Å². The van der Waals surface area contributed by atoms with Crippen LogP contribution in [0.1, 0.15) is 39.5 Å². The van der Waals surface area contributed by atoms with Crippen LogP contribution in [0.4, 0.5) is 0 Å². The van der Waals surface area contributed by atoms with Gasteiger partial charge in [0, 0.05) is 13.1 Å². The smallest absolute Gasteiger partial charge is 0.231 e. The van der Waals surface area contributed by atoms with Gasteiger partial charge in [0.15, 0.2) is 0 Å². The number of allylic oxidation sites excluding steroid dienone is 1. The van der Waals surface area contributed by atoms with Gasteiger partial charge in [0.25, 0.3) is 0 Å². The van der Waals surface area contributed by atoms with E-state index >= 15 is 0 Å². The van der Waals surface area contributed by atoms with Crippen molar-refractivity contribution in [3.63, 3.8) is 0 Å². The number of amides is 2. The number of carbonyl (C=O) groups is 2. The number of unbranched alkanes of at least 4 members (excludes halogenated alkanes) is 2. The van der Waals surface area contributed by atoms with Crippen LogP contribution in [0.3, 0.4) is 0 Å². The SMILES string of the molecule is CCCCN1C(=O)[C@@H]2/C=C\[C@@H](Cl)[C@H]3C(=O)N(CCCC)[C@@H]2[C@H](Cl)[C@H]31. The van der Waals surface area contributed by atoms with E-state index in [-0.39, 0.29) is 35.2 Å². The fourth-order valence-electron chi connectivity index (χ4n) is 4.34. The van der Waals surface area contributed by atoms with Gasteiger partial charge in [0.05, 0.1) is 34.7 Å². The zero-order chi connectivity index (χ0) is 17.4. The van der Waals surface area contributed by atoms with Crippen molar-refractivity contribution < 1.29 is 9.59 Å². The second-order valence-electron chi connectivity index (χ2n) is 7.08. The molecule has 0 unspecified atom stereocenters. The Labute approximate surface area is 154 Å². The Balaban J connectivity index is 2.02. The lowest BCUT2D eigenvalue weighted by Gasteiger charge is -2.58. The van der Waals surface area contributed by atoms with Crippen LogP contribution in [0.5, 0.6) is 0 Å². The predicted octanol–water partition coefficient (Wildman–Crippen LogP) is 3.03. The molecule has 2 saturated heterocycles. The molecular weight excluding hydrogens is 347 g/mol. The topological polar surface area (TPSA) is 40.6 Å². The maximum absolute atomic E-state index is 13.1. The van der Waals surface area contributed by atoms with Gasteiger partial charge < -0.3 is 9.80 Å². The minimum absolute atomic E-state index is 0.0682. The van der Waals surface area contributed by atoms with E-state index in [2.05, 4.69) is 13.8 Å². The molecule has 5 rings (SSSR count). The van der Waals surface area contributed by atoms with E-state index in [0.717, 1.165) is 25.7 Å². The van der Waals surface area contributed by atoms with Crippen LogP contribution in [-0.4, -0.2) is 57.5 Å². The minimum Gasteiger partial charge on any atom is -0.337 e. The first-order valence-electron chi connectivity index (χ1n) is 9.10. The highest BCUT2D eigenvalue weighted by Gasteiger charge is 2.60. The molecule has 1 aliphatic carbocycles. The van der Waals surface area contributed by atoms with Crippen molar-refractivity contribution in [3.8, 4) is 0 Å². The molecule has 0 aromatic carbocycles. The van der Waals surface area contributed by atoms with Gasteiger partial charge in [0.1, 0.15) is 0 Å². The highest BCUT2D eigenvalue weighted by atomic mass is 35.5. The molecule has 0 N–H and O–H groups in total. The van der Waals surface area contributed by atoms with Crippen LogP contribution in [0.2, 0.25) is 0 Å². The van der Waals surface area contributed by atoms with Crippen LogP contribution in [0.25, 0.3) is 0 Å². The Hall–Kier alpha value is -0.740. The molecule has 5 aliphatic rings. The van der Waals surface area contributed by atoms with E-state index in [9.17, 15) is 9.59 Å². The molecule has 0 radical (unpaired) electrons. The third-order valence-corrected chi connectivity index (χ3v) is 6.53. The molecule has 6 heteroatoms. The highest BCUT2D eigenvalue weighted by molar-refractivity contribution is 6.26. The summed E-state index contributed by atoms with van der Waals surface area (Å²) in [6.07, 6.45) is 7.56. The van der Waals surface area contributed by atoms with E-state index in [1.54, 1.807) is 0 Å². The number of fused-ring (bicyclic) bond motifs is 2. The monoisotopic (exact) mass is 372 g/mol. The zero-order valence-electron chi connectivity index (χ0n) is 14.3. The Morgan fingerprint density at radius 1 is 0.917 bits per heavy atom. The first kappa shape index (κ1) is 18.1. The van der Waals surface area contributed by atoms with Crippen molar-refractivity contribution in [2.75, 3.05) is 13.1 Å². The molecule has 0 spiro atoms. The molecule has 2 amide bonds. The average Bonchev–Trinajstić information content (AvgIpc) is 2.55. The maximum atomic E-state index is 13.1. The van der Waals surface area contributed by atoms with Gasteiger partial charge in [-0.15, -0.1) is 23.2 Å². The van der Waals surface area contributed by atoms with E-state index in [0.29, 0.717) is 13.1 Å². The largest absolute Gasteiger partial charge is 0.337 e. The first-order valence-corrected chi connectivity index (χ1v) is 9.97. The van der Waals surface area contributed by atoms with Gasteiger partial charge in [-0.1, -0.05) is 38.8 Å². The number of carbonyl (C=O) groups excluding carboxylic acids is 2. The van der Waals surface area contributed by atoms with Gasteiger partial charge in [-0.2, -0.15) is 0 Å². The van der Waals surface area contributed by atoms with Gasteiger partial charge in [0.2, 0.25) is 11.8 Å². The predicted molar refractivity (Wildman–Crippen MR) is 96.2 cm³/mol. The summed E-state index contributed by atoms with van der Waals surface area (Å²) in [4.78, 5) is 29.9. The van der Waals surface area contributed by atoms with E-state index < -0.39 is 11.3 Å². The van der Waals surface area contributed by atoms with Gasteiger partial charge >= 0.3 is 0 Å². The van der Waals surface area contributed by atoms with Crippen molar-refractivity contribution in [1.29, 1.82) is 0 Å². The van der Waals surface area contributed by atoms with Crippen molar-refractivity contribution >= 4 is 35.0 Å². The summed E-state index contributed by atoms with van der Waals surface area (Å²) in [6.45, 7) is 5.50. The number of halogens is 2. The minimum atomic E-state index is -0.444. The van der Waals surface area contributed by atoms with E-state index in [1.807, 2.05) is 22.0 Å². The molecule has 4 heterocycles. The summed E-state index contributed by atoms with van der Waals surface area (Å²) in [6, 6.07) is -0.525. The fraction of sp³-hybridized carbons (Fsp3) is 0.778. The quantitative estimate of drug-likeness (QED) is 0.531. The van der Waals surface area contributed by atoms with Gasteiger partial charge in [-0.3, -0.25) is 9.59 Å². The third kappa shape index (κ3) is 2.76. The number of alkyl halides is 2. The number of hydrogen-bond donors (Lipinski definition) is 0. The van der Waals surface area contributed by atoms with Crippen LogP contribution >= 0.6 is 23.2 Å². The second kappa shape index (κ2) is 7.25. The second-order valence-corrected chi connectivity index (χ2v) is 8.08. The molecule has 6 atom stereocenters. The summed E-state index contributed by atoms with van der Waals surface area (Å²) in [5.74, 6) is -0.641. The molecule has 4 aliphatic heterocycles.